The summed E-state index contributed by atoms with van der Waals surface area (Å²) in [5.74, 6) is 5.22. The van der Waals surface area contributed by atoms with Crippen molar-refractivity contribution >= 4 is 11.6 Å². The van der Waals surface area contributed by atoms with Crippen molar-refractivity contribution in [3.63, 3.8) is 0 Å². The summed E-state index contributed by atoms with van der Waals surface area (Å²) in [6, 6.07) is 3.50. The maximum atomic E-state index is 13.0. The van der Waals surface area contributed by atoms with Gasteiger partial charge in [-0.25, -0.2) is 0 Å². The van der Waals surface area contributed by atoms with Crippen LogP contribution in [0.25, 0.3) is 0 Å². The predicted octanol–water partition coefficient (Wildman–Crippen LogP) is 2.86. The fourth-order valence-electron chi connectivity index (χ4n) is 2.64. The fourth-order valence-corrected chi connectivity index (χ4v) is 2.64. The highest BCUT2D eigenvalue weighted by molar-refractivity contribution is 6.00. The molecule has 1 aromatic rings. The van der Waals surface area contributed by atoms with Crippen molar-refractivity contribution in [1.29, 1.82) is 0 Å². The third-order valence-corrected chi connectivity index (χ3v) is 3.90. The molecule has 3 N–H and O–H groups in total. The number of anilines is 1. The number of nitrogen functional groups attached to an aromatic ring is 1. The van der Waals surface area contributed by atoms with Gasteiger partial charge >= 0.3 is 6.18 Å². The summed E-state index contributed by atoms with van der Waals surface area (Å²) < 4.78 is 38.9. The van der Waals surface area contributed by atoms with Crippen LogP contribution < -0.4 is 11.3 Å². The van der Waals surface area contributed by atoms with Crippen LogP contribution in [0.3, 0.4) is 0 Å². The van der Waals surface area contributed by atoms with Gasteiger partial charge in [-0.15, -0.1) is 0 Å². The molecule has 0 saturated carbocycles. The van der Waals surface area contributed by atoms with Crippen LogP contribution in [0.15, 0.2) is 18.2 Å². The van der Waals surface area contributed by atoms with Gasteiger partial charge in [-0.2, -0.15) is 13.2 Å². The number of nitrogens with two attached hydrogens (primary N) is 1. The van der Waals surface area contributed by atoms with Gasteiger partial charge in [-0.05, 0) is 24.5 Å². The van der Waals surface area contributed by atoms with Crippen LogP contribution in [0.2, 0.25) is 0 Å². The van der Waals surface area contributed by atoms with E-state index >= 15 is 0 Å². The Balaban J connectivity index is 2.34. The molecule has 1 atom stereocenters. The van der Waals surface area contributed by atoms with E-state index in [1.807, 2.05) is 12.3 Å². The summed E-state index contributed by atoms with van der Waals surface area (Å²) >= 11 is 0. The Bertz CT molecular complexity index is 531. The molecule has 116 valence electrons. The van der Waals surface area contributed by atoms with E-state index in [-0.39, 0.29) is 11.3 Å². The van der Waals surface area contributed by atoms with E-state index in [1.165, 1.54) is 12.1 Å². The third-order valence-electron chi connectivity index (χ3n) is 3.90. The quantitative estimate of drug-likeness (QED) is 0.666. The molecule has 1 aliphatic heterocycles. The Hall–Kier alpha value is -1.76. The summed E-state index contributed by atoms with van der Waals surface area (Å²) in [7, 11) is 0. The Morgan fingerprint density at radius 3 is 2.71 bits per heavy atom. The Labute approximate surface area is 121 Å². The van der Waals surface area contributed by atoms with Crippen molar-refractivity contribution < 1.29 is 18.0 Å². The van der Waals surface area contributed by atoms with Crippen molar-refractivity contribution in [3.05, 3.63) is 29.3 Å². The minimum Gasteiger partial charge on any atom is -0.338 e. The van der Waals surface area contributed by atoms with Gasteiger partial charge in [-0.1, -0.05) is 19.4 Å². The lowest BCUT2D eigenvalue weighted by atomic mass is 10.1. The molecule has 0 bridgehead atoms. The normalized spacial score (nSPS) is 18.9. The number of carbonyl (C=O) groups excluding carboxylic acids is 1. The molecule has 1 aliphatic rings. The number of halogens is 3. The maximum absolute atomic E-state index is 13.0. The first kappa shape index (κ1) is 15.6. The van der Waals surface area contributed by atoms with E-state index in [9.17, 15) is 18.0 Å². The number of para-hydroxylation sites is 1. The lowest BCUT2D eigenvalue weighted by molar-refractivity contribution is -0.137. The van der Waals surface area contributed by atoms with E-state index in [2.05, 4.69) is 0 Å². The highest BCUT2D eigenvalue weighted by atomic mass is 19.4. The second kappa shape index (κ2) is 5.93. The molecule has 1 amide bonds. The van der Waals surface area contributed by atoms with Crippen LogP contribution in [-0.4, -0.2) is 23.9 Å². The van der Waals surface area contributed by atoms with Gasteiger partial charge in [0.2, 0.25) is 0 Å². The predicted molar refractivity (Wildman–Crippen MR) is 73.6 cm³/mol. The molecule has 0 radical (unpaired) electrons. The van der Waals surface area contributed by atoms with Gasteiger partial charge in [0.05, 0.1) is 16.8 Å². The second-order valence-electron chi connectivity index (χ2n) is 5.18. The molecule has 1 saturated heterocycles. The van der Waals surface area contributed by atoms with Gasteiger partial charge in [0.1, 0.15) is 0 Å². The summed E-state index contributed by atoms with van der Waals surface area (Å²) in [5.41, 5.74) is 0.700. The topological polar surface area (TPSA) is 58.4 Å². The molecule has 7 heteroatoms. The second-order valence-corrected chi connectivity index (χ2v) is 5.18. The molecule has 1 unspecified atom stereocenters. The lowest BCUT2D eigenvalue weighted by Gasteiger charge is -2.20. The average molecular weight is 301 g/mol. The molecular weight excluding hydrogens is 283 g/mol. The number of nitrogens with one attached hydrogen (secondary N) is 1. The zero-order chi connectivity index (χ0) is 15.6. The van der Waals surface area contributed by atoms with Crippen LogP contribution in [0.1, 0.15) is 35.7 Å². The van der Waals surface area contributed by atoms with Crippen molar-refractivity contribution in [2.45, 2.75) is 25.9 Å². The molecule has 0 spiro atoms. The number of rotatable bonds is 3. The highest BCUT2D eigenvalue weighted by Crippen LogP contribution is 2.37. The van der Waals surface area contributed by atoms with Gasteiger partial charge < -0.3 is 10.3 Å². The molecule has 21 heavy (non-hydrogen) atoms. The Morgan fingerprint density at radius 1 is 1.48 bits per heavy atom. The number of hydrazine groups is 1. The maximum Gasteiger partial charge on any atom is 0.418 e. The van der Waals surface area contributed by atoms with Gasteiger partial charge in [0.25, 0.3) is 5.91 Å². The molecule has 1 heterocycles. The first-order chi connectivity index (χ1) is 9.88. The van der Waals surface area contributed by atoms with E-state index in [4.69, 9.17) is 5.84 Å². The zero-order valence-corrected chi connectivity index (χ0v) is 11.7. The fraction of sp³-hybridized carbons (Fsp3) is 0.500. The van der Waals surface area contributed by atoms with Crippen LogP contribution in [0.4, 0.5) is 18.9 Å². The molecule has 2 rings (SSSR count). The Kier molecular flexibility index (Phi) is 4.41. The SMILES string of the molecule is CCC1CCN(C(=O)c2cccc(C(F)(F)F)c2NN)C1. The minimum atomic E-state index is -4.56. The number of nitrogens with zero attached hydrogens (tertiary/aromatic N) is 1. The van der Waals surface area contributed by atoms with E-state index < -0.39 is 17.6 Å². The van der Waals surface area contributed by atoms with Crippen molar-refractivity contribution in [1.82, 2.24) is 4.90 Å². The third kappa shape index (κ3) is 3.12. The standard InChI is InChI=1S/C14H18F3N3O/c1-2-9-6-7-20(8-9)13(21)10-4-3-5-11(12(10)19-18)14(15,16)17/h3-5,9,19H,2,6-8,18H2,1H3. The van der Waals surface area contributed by atoms with E-state index in [1.54, 1.807) is 4.90 Å². The van der Waals surface area contributed by atoms with Crippen molar-refractivity contribution in [3.8, 4) is 0 Å². The minimum absolute atomic E-state index is 0.0379. The van der Waals surface area contributed by atoms with Crippen LogP contribution in [0.5, 0.6) is 0 Å². The first-order valence-corrected chi connectivity index (χ1v) is 6.84. The number of hydrogen-bond donors (Lipinski definition) is 2. The summed E-state index contributed by atoms with van der Waals surface area (Å²) in [4.78, 5) is 14.0. The summed E-state index contributed by atoms with van der Waals surface area (Å²) in [5, 5.41) is 0. The van der Waals surface area contributed by atoms with E-state index in [0.717, 1.165) is 18.9 Å². The Morgan fingerprint density at radius 2 is 2.19 bits per heavy atom. The van der Waals surface area contributed by atoms with Gasteiger partial charge in [0, 0.05) is 13.1 Å². The molecule has 1 fully saturated rings. The average Bonchev–Trinajstić information content (AvgIpc) is 2.93. The monoisotopic (exact) mass is 301 g/mol. The summed E-state index contributed by atoms with van der Waals surface area (Å²) in [6.45, 7) is 3.18. The van der Waals surface area contributed by atoms with Crippen LogP contribution in [-0.2, 0) is 6.18 Å². The number of likely N-dealkylation sites (tertiary alicyclic amines) is 1. The highest BCUT2D eigenvalue weighted by Gasteiger charge is 2.36. The zero-order valence-electron chi connectivity index (χ0n) is 11.7. The number of amides is 1. The largest absolute Gasteiger partial charge is 0.418 e. The van der Waals surface area contributed by atoms with Crippen LogP contribution >= 0.6 is 0 Å². The number of hydrogen-bond acceptors (Lipinski definition) is 3. The number of alkyl halides is 3. The van der Waals surface area contributed by atoms with E-state index in [0.29, 0.717) is 19.0 Å². The van der Waals surface area contributed by atoms with Gasteiger partial charge in [0.15, 0.2) is 0 Å². The molecule has 1 aromatic carbocycles. The van der Waals surface area contributed by atoms with Crippen molar-refractivity contribution in [2.24, 2.45) is 11.8 Å². The molecular formula is C14H18F3N3O. The smallest absolute Gasteiger partial charge is 0.338 e. The molecule has 4 nitrogen and oxygen atoms in total. The number of benzene rings is 1. The molecule has 0 aliphatic carbocycles. The first-order valence-electron chi connectivity index (χ1n) is 6.84. The van der Waals surface area contributed by atoms with Gasteiger partial charge in [-0.3, -0.25) is 10.6 Å². The van der Waals surface area contributed by atoms with Crippen LogP contribution in [0, 0.1) is 5.92 Å². The van der Waals surface area contributed by atoms with Crippen molar-refractivity contribution in [2.75, 3.05) is 18.5 Å². The number of carbonyl (C=O) groups is 1. The molecule has 0 aromatic heterocycles. The lowest BCUT2D eigenvalue weighted by Crippen LogP contribution is -2.30. The summed E-state index contributed by atoms with van der Waals surface area (Å²) in [6.07, 6.45) is -2.73.